The number of amidine groups is 1. The summed E-state index contributed by atoms with van der Waals surface area (Å²) in [6, 6.07) is 3.28. The molecule has 1 aliphatic heterocycles. The van der Waals surface area contributed by atoms with Crippen molar-refractivity contribution in [3.05, 3.63) is 46.0 Å². The molecule has 1 atom stereocenters. The van der Waals surface area contributed by atoms with Gasteiger partial charge in [0.2, 0.25) is 15.9 Å². The third-order valence-corrected chi connectivity index (χ3v) is 8.46. The van der Waals surface area contributed by atoms with Gasteiger partial charge in [-0.25, -0.2) is 8.42 Å². The van der Waals surface area contributed by atoms with E-state index in [-0.39, 0.29) is 47.4 Å². The summed E-state index contributed by atoms with van der Waals surface area (Å²) in [6.45, 7) is 3.77. The molecule has 1 aromatic carbocycles. The monoisotopic (exact) mass is 624 g/mol. The molecule has 1 aliphatic rings. The van der Waals surface area contributed by atoms with Crippen LogP contribution in [0.5, 0.6) is 0 Å². The fraction of sp³-hybridized carbons (Fsp3) is 0.565. The SMILES string of the molecule is C=C(CCN(Cc1ccc(Cl)c(Cl)c1)S(=O)(=O)CCCF)C1=NC(C)(C)[C@H](C(=O)NCC(F)(F)C(F)(F)F)N1. The molecule has 39 heavy (non-hydrogen) atoms. The molecule has 0 spiro atoms. The molecule has 2 N–H and O–H groups in total. The summed E-state index contributed by atoms with van der Waals surface area (Å²) in [7, 11) is -3.92. The Hall–Kier alpha value is -2.03. The number of aliphatic imine (C=N–C) groups is 1. The molecule has 1 aromatic rings. The summed E-state index contributed by atoms with van der Waals surface area (Å²) in [5.41, 5.74) is -0.481. The molecule has 0 saturated heterocycles. The Bertz CT molecular complexity index is 1210. The van der Waals surface area contributed by atoms with Gasteiger partial charge >= 0.3 is 12.1 Å². The van der Waals surface area contributed by atoms with Gasteiger partial charge in [-0.15, -0.1) is 0 Å². The van der Waals surface area contributed by atoms with E-state index in [2.05, 4.69) is 16.9 Å². The predicted molar refractivity (Wildman–Crippen MR) is 137 cm³/mol. The largest absolute Gasteiger partial charge is 0.455 e. The first-order valence-corrected chi connectivity index (χ1v) is 13.9. The molecule has 2 rings (SSSR count). The summed E-state index contributed by atoms with van der Waals surface area (Å²) < 4.78 is 103. The van der Waals surface area contributed by atoms with Gasteiger partial charge in [-0.2, -0.15) is 26.3 Å². The molecular formula is C23H28Cl2F6N4O3S. The molecular weight excluding hydrogens is 597 g/mol. The van der Waals surface area contributed by atoms with E-state index in [9.17, 15) is 39.6 Å². The second-order valence-electron chi connectivity index (χ2n) is 9.41. The number of benzene rings is 1. The number of carbonyl (C=O) groups excluding carboxylic acids is 1. The summed E-state index contributed by atoms with van der Waals surface area (Å²) in [5, 5.41) is 4.76. The highest BCUT2D eigenvalue weighted by Gasteiger charge is 2.57. The van der Waals surface area contributed by atoms with Crippen molar-refractivity contribution < 1.29 is 39.6 Å². The summed E-state index contributed by atoms with van der Waals surface area (Å²) in [6.07, 6.45) is -6.05. The smallest absolute Gasteiger partial charge is 0.357 e. The van der Waals surface area contributed by atoms with E-state index in [1.165, 1.54) is 26.0 Å². The number of nitrogens with one attached hydrogen (secondary N) is 2. The van der Waals surface area contributed by atoms with Crippen molar-refractivity contribution in [2.75, 3.05) is 25.5 Å². The van der Waals surface area contributed by atoms with Crippen molar-refractivity contribution in [1.29, 1.82) is 0 Å². The lowest BCUT2D eigenvalue weighted by atomic mass is 9.96. The van der Waals surface area contributed by atoms with Crippen molar-refractivity contribution in [2.45, 2.75) is 56.9 Å². The van der Waals surface area contributed by atoms with Crippen molar-refractivity contribution in [3.8, 4) is 0 Å². The highest BCUT2D eigenvalue weighted by Crippen LogP contribution is 2.35. The molecule has 7 nitrogen and oxygen atoms in total. The van der Waals surface area contributed by atoms with Crippen LogP contribution in [-0.4, -0.2) is 73.7 Å². The quantitative estimate of drug-likeness (QED) is 0.306. The number of hydrogen-bond donors (Lipinski definition) is 2. The van der Waals surface area contributed by atoms with E-state index in [4.69, 9.17) is 23.2 Å². The maximum Gasteiger partial charge on any atom is 0.455 e. The minimum Gasteiger partial charge on any atom is -0.357 e. The Kier molecular flexibility index (Phi) is 10.8. The minimum absolute atomic E-state index is 0.00141. The lowest BCUT2D eigenvalue weighted by Gasteiger charge is -2.26. The first-order valence-electron chi connectivity index (χ1n) is 11.6. The van der Waals surface area contributed by atoms with Gasteiger partial charge < -0.3 is 10.6 Å². The Morgan fingerprint density at radius 1 is 1.21 bits per heavy atom. The zero-order chi connectivity index (χ0) is 29.8. The lowest BCUT2D eigenvalue weighted by molar-refractivity contribution is -0.278. The average molecular weight is 625 g/mol. The third kappa shape index (κ3) is 8.73. The number of sulfonamides is 1. The Morgan fingerprint density at radius 2 is 1.85 bits per heavy atom. The Labute approximate surface area is 232 Å². The zero-order valence-corrected chi connectivity index (χ0v) is 23.3. The van der Waals surface area contributed by atoms with Crippen LogP contribution in [0.4, 0.5) is 26.3 Å². The highest BCUT2D eigenvalue weighted by molar-refractivity contribution is 7.89. The zero-order valence-electron chi connectivity index (χ0n) is 21.0. The van der Waals surface area contributed by atoms with Crippen molar-refractivity contribution in [3.63, 3.8) is 0 Å². The Balaban J connectivity index is 2.12. The molecule has 0 aliphatic carbocycles. The minimum atomic E-state index is -5.83. The number of alkyl halides is 6. The Morgan fingerprint density at radius 3 is 2.41 bits per heavy atom. The van der Waals surface area contributed by atoms with Gasteiger partial charge in [0.1, 0.15) is 11.9 Å². The first-order chi connectivity index (χ1) is 17.8. The number of carbonyl (C=O) groups is 1. The topological polar surface area (TPSA) is 90.9 Å². The highest BCUT2D eigenvalue weighted by atomic mass is 35.5. The third-order valence-electron chi connectivity index (χ3n) is 5.82. The lowest BCUT2D eigenvalue weighted by Crippen LogP contribution is -2.55. The van der Waals surface area contributed by atoms with Crippen LogP contribution in [-0.2, 0) is 21.4 Å². The fourth-order valence-electron chi connectivity index (χ4n) is 3.57. The molecule has 0 unspecified atom stereocenters. The number of rotatable bonds is 13. The van der Waals surface area contributed by atoms with E-state index in [1.54, 1.807) is 11.4 Å². The number of amides is 1. The average Bonchev–Trinajstić information content (AvgIpc) is 3.15. The normalized spacial score (nSPS) is 17.6. The van der Waals surface area contributed by atoms with Crippen molar-refractivity contribution >= 4 is 45.0 Å². The fourth-order valence-corrected chi connectivity index (χ4v) is 5.34. The predicted octanol–water partition coefficient (Wildman–Crippen LogP) is 4.89. The maximum atomic E-state index is 13.2. The molecule has 1 heterocycles. The van der Waals surface area contributed by atoms with Gasteiger partial charge in [0.15, 0.2) is 0 Å². The number of nitrogens with zero attached hydrogens (tertiary/aromatic N) is 2. The van der Waals surface area contributed by atoms with Gasteiger partial charge in [-0.05, 0) is 50.0 Å². The standard InChI is InChI=1S/C23H28Cl2F6N4O3S/c1-14(19-33-18(21(2,3)34-19)20(36)32-13-22(27,28)23(29,30)31)7-9-35(39(37,38)10-4-8-26)12-15-5-6-16(24)17(25)11-15/h5-6,11,18H,1,4,7-10,12-13H2,2-3H3,(H,32,36)(H,33,34)/t18-/m0/s1. The maximum absolute atomic E-state index is 13.2. The van der Waals surface area contributed by atoms with Crippen LogP contribution in [0.3, 0.4) is 0 Å². The van der Waals surface area contributed by atoms with Crippen molar-refractivity contribution in [1.82, 2.24) is 14.9 Å². The molecule has 0 bridgehead atoms. The molecule has 220 valence electrons. The first kappa shape index (κ1) is 33.2. The van der Waals surface area contributed by atoms with Crippen LogP contribution in [0.2, 0.25) is 10.0 Å². The van der Waals surface area contributed by atoms with Crippen LogP contribution in [0.15, 0.2) is 35.3 Å². The van der Waals surface area contributed by atoms with Gasteiger partial charge in [0, 0.05) is 13.1 Å². The van der Waals surface area contributed by atoms with E-state index >= 15 is 0 Å². The molecule has 0 radical (unpaired) electrons. The molecule has 16 heteroatoms. The van der Waals surface area contributed by atoms with Gasteiger partial charge in [-0.1, -0.05) is 35.8 Å². The van der Waals surface area contributed by atoms with Crippen LogP contribution in [0, 0.1) is 0 Å². The van der Waals surface area contributed by atoms with Crippen molar-refractivity contribution in [2.24, 2.45) is 4.99 Å². The van der Waals surface area contributed by atoms with Crippen LogP contribution < -0.4 is 10.6 Å². The van der Waals surface area contributed by atoms with Crippen LogP contribution in [0.1, 0.15) is 32.3 Å². The second kappa shape index (κ2) is 12.6. The number of hydrogen-bond acceptors (Lipinski definition) is 5. The van der Waals surface area contributed by atoms with Crippen LogP contribution in [0.25, 0.3) is 0 Å². The van der Waals surface area contributed by atoms with E-state index in [1.807, 2.05) is 0 Å². The molecule has 0 aromatic heterocycles. The van der Waals surface area contributed by atoms with Gasteiger partial charge in [0.05, 0.1) is 34.6 Å². The van der Waals surface area contributed by atoms with Crippen LogP contribution >= 0.6 is 23.2 Å². The van der Waals surface area contributed by atoms with E-state index < -0.39 is 58.6 Å². The van der Waals surface area contributed by atoms with Gasteiger partial charge in [-0.3, -0.25) is 14.2 Å². The molecule has 0 fully saturated rings. The summed E-state index contributed by atoms with van der Waals surface area (Å²) >= 11 is 11.9. The van der Waals surface area contributed by atoms with E-state index in [0.717, 1.165) is 4.31 Å². The van der Waals surface area contributed by atoms with E-state index in [0.29, 0.717) is 5.56 Å². The molecule has 1 amide bonds. The number of halogens is 8. The van der Waals surface area contributed by atoms with Gasteiger partial charge in [0.25, 0.3) is 0 Å². The summed E-state index contributed by atoms with van der Waals surface area (Å²) in [5.74, 6) is -6.64. The second-order valence-corrected chi connectivity index (χ2v) is 12.3. The molecule has 0 saturated carbocycles. The summed E-state index contributed by atoms with van der Waals surface area (Å²) in [4.78, 5) is 16.7.